The van der Waals surface area contributed by atoms with E-state index in [1.54, 1.807) is 12.1 Å². The Labute approximate surface area is 135 Å². The van der Waals surface area contributed by atoms with E-state index in [-0.39, 0.29) is 5.91 Å². The van der Waals surface area contributed by atoms with Crippen LogP contribution in [-0.2, 0) is 13.0 Å². The van der Waals surface area contributed by atoms with Crippen molar-refractivity contribution >= 4 is 11.7 Å². The van der Waals surface area contributed by atoms with Gasteiger partial charge in [-0.15, -0.1) is 0 Å². The first-order chi connectivity index (χ1) is 11.2. The molecule has 0 radical (unpaired) electrons. The third kappa shape index (κ3) is 2.58. The fourth-order valence-electron chi connectivity index (χ4n) is 3.44. The third-order valence-electron chi connectivity index (χ3n) is 4.58. The topological polar surface area (TPSA) is 62.5 Å². The number of fused-ring (bicyclic) bond motifs is 1. The minimum atomic E-state index is -0.0615. The van der Waals surface area contributed by atoms with Crippen LogP contribution < -0.4 is 4.90 Å². The van der Waals surface area contributed by atoms with Crippen LogP contribution in [0.25, 0.3) is 0 Å². The Morgan fingerprint density at radius 1 is 1.22 bits per heavy atom. The maximum atomic E-state index is 12.5. The number of anilines is 1. The first kappa shape index (κ1) is 14.2. The number of hydrogen-bond donors (Lipinski definition) is 0. The second-order valence-corrected chi connectivity index (χ2v) is 6.17. The van der Waals surface area contributed by atoms with Gasteiger partial charge >= 0.3 is 0 Å². The Morgan fingerprint density at radius 3 is 2.78 bits per heavy atom. The smallest absolute Gasteiger partial charge is 0.289 e. The molecule has 23 heavy (non-hydrogen) atoms. The number of amides is 1. The lowest BCUT2D eigenvalue weighted by Crippen LogP contribution is -2.38. The molecule has 0 saturated carbocycles. The van der Waals surface area contributed by atoms with Crippen molar-refractivity contribution in [1.29, 1.82) is 0 Å². The zero-order valence-corrected chi connectivity index (χ0v) is 13.3. The van der Waals surface area contributed by atoms with Crippen molar-refractivity contribution in [3.05, 3.63) is 41.2 Å². The molecule has 0 unspecified atom stereocenters. The summed E-state index contributed by atoms with van der Waals surface area (Å²) >= 11 is 0. The highest BCUT2D eigenvalue weighted by atomic mass is 16.3. The summed E-state index contributed by atoms with van der Waals surface area (Å²) in [5.74, 6) is 2.16. The molecule has 1 saturated heterocycles. The van der Waals surface area contributed by atoms with Crippen molar-refractivity contribution in [2.75, 3.05) is 24.5 Å². The molecule has 4 rings (SSSR count). The van der Waals surface area contributed by atoms with E-state index < -0.39 is 0 Å². The Balaban J connectivity index is 1.66. The number of aromatic nitrogens is 2. The van der Waals surface area contributed by atoms with Crippen molar-refractivity contribution < 1.29 is 9.21 Å². The van der Waals surface area contributed by atoms with Crippen molar-refractivity contribution in [3.8, 4) is 0 Å². The SMILES string of the molecule is Cc1nc2c(c(N3CCCC3)n1)CN(C(=O)c1ccco1)CC2. The van der Waals surface area contributed by atoms with Crippen LogP contribution in [0.5, 0.6) is 0 Å². The molecule has 6 heteroatoms. The number of rotatable bonds is 2. The van der Waals surface area contributed by atoms with Gasteiger partial charge in [0.05, 0.1) is 18.5 Å². The molecule has 2 aliphatic heterocycles. The van der Waals surface area contributed by atoms with Crippen molar-refractivity contribution in [3.63, 3.8) is 0 Å². The molecule has 0 bridgehead atoms. The molecule has 0 spiro atoms. The largest absolute Gasteiger partial charge is 0.459 e. The second kappa shape index (κ2) is 5.68. The van der Waals surface area contributed by atoms with E-state index in [0.717, 1.165) is 42.4 Å². The van der Waals surface area contributed by atoms with Gasteiger partial charge in [0.25, 0.3) is 5.91 Å². The van der Waals surface area contributed by atoms with Gasteiger partial charge in [-0.3, -0.25) is 4.79 Å². The van der Waals surface area contributed by atoms with Gasteiger partial charge in [0.1, 0.15) is 11.6 Å². The molecule has 0 N–H and O–H groups in total. The maximum absolute atomic E-state index is 12.5. The van der Waals surface area contributed by atoms with Gasteiger partial charge < -0.3 is 14.2 Å². The molecule has 6 nitrogen and oxygen atoms in total. The van der Waals surface area contributed by atoms with E-state index in [1.807, 2.05) is 11.8 Å². The van der Waals surface area contributed by atoms with E-state index in [4.69, 9.17) is 4.42 Å². The summed E-state index contributed by atoms with van der Waals surface area (Å²) in [6, 6.07) is 3.46. The fourth-order valence-corrected chi connectivity index (χ4v) is 3.44. The summed E-state index contributed by atoms with van der Waals surface area (Å²) in [5, 5.41) is 0. The van der Waals surface area contributed by atoms with Gasteiger partial charge in [-0.1, -0.05) is 0 Å². The molecule has 4 heterocycles. The zero-order chi connectivity index (χ0) is 15.8. The highest BCUT2D eigenvalue weighted by Gasteiger charge is 2.29. The summed E-state index contributed by atoms with van der Waals surface area (Å²) in [6.45, 7) is 5.24. The molecular formula is C17H20N4O2. The zero-order valence-electron chi connectivity index (χ0n) is 13.3. The average molecular weight is 312 g/mol. The predicted octanol–water partition coefficient (Wildman–Crippen LogP) is 2.18. The van der Waals surface area contributed by atoms with Crippen LogP contribution >= 0.6 is 0 Å². The molecule has 2 aromatic rings. The molecule has 0 aromatic carbocycles. The number of hydrogen-bond acceptors (Lipinski definition) is 5. The van der Waals surface area contributed by atoms with Crippen LogP contribution in [0.2, 0.25) is 0 Å². The standard InChI is InChI=1S/C17H20N4O2/c1-12-18-14-6-9-21(17(22)15-5-4-10-23-15)11-13(14)16(19-12)20-7-2-3-8-20/h4-5,10H,2-3,6-9,11H2,1H3. The summed E-state index contributed by atoms with van der Waals surface area (Å²) in [7, 11) is 0. The van der Waals surface area contributed by atoms with Crippen LogP contribution in [0, 0.1) is 6.92 Å². The molecule has 1 amide bonds. The van der Waals surface area contributed by atoms with Crippen LogP contribution in [0.1, 0.15) is 40.5 Å². The number of carbonyl (C=O) groups is 1. The Bertz CT molecular complexity index is 720. The quantitative estimate of drug-likeness (QED) is 0.850. The van der Waals surface area contributed by atoms with Crippen molar-refractivity contribution in [2.45, 2.75) is 32.7 Å². The van der Waals surface area contributed by atoms with Crippen molar-refractivity contribution in [1.82, 2.24) is 14.9 Å². The van der Waals surface area contributed by atoms with E-state index in [1.165, 1.54) is 19.1 Å². The lowest BCUT2D eigenvalue weighted by molar-refractivity contribution is 0.0701. The number of furan rings is 1. The van der Waals surface area contributed by atoms with Gasteiger partial charge in [0, 0.05) is 31.6 Å². The Kier molecular flexibility index (Phi) is 3.52. The first-order valence-electron chi connectivity index (χ1n) is 8.16. The van der Waals surface area contributed by atoms with Gasteiger partial charge in [-0.05, 0) is 31.9 Å². The molecule has 2 aromatic heterocycles. The lowest BCUT2D eigenvalue weighted by atomic mass is 10.0. The minimum absolute atomic E-state index is 0.0615. The van der Waals surface area contributed by atoms with Crippen LogP contribution in [0.4, 0.5) is 5.82 Å². The number of aryl methyl sites for hydroxylation is 1. The molecule has 0 aliphatic carbocycles. The molecule has 2 aliphatic rings. The number of carbonyl (C=O) groups excluding carboxylic acids is 1. The van der Waals surface area contributed by atoms with E-state index >= 15 is 0 Å². The van der Waals surface area contributed by atoms with Crippen molar-refractivity contribution in [2.24, 2.45) is 0 Å². The molecule has 0 atom stereocenters. The van der Waals surface area contributed by atoms with Crippen LogP contribution in [-0.4, -0.2) is 40.4 Å². The normalized spacial score (nSPS) is 17.4. The lowest BCUT2D eigenvalue weighted by Gasteiger charge is -2.31. The minimum Gasteiger partial charge on any atom is -0.459 e. The third-order valence-corrected chi connectivity index (χ3v) is 4.58. The van der Waals surface area contributed by atoms with Crippen LogP contribution in [0.15, 0.2) is 22.8 Å². The van der Waals surface area contributed by atoms with Gasteiger partial charge in [-0.2, -0.15) is 0 Å². The van der Waals surface area contributed by atoms with Gasteiger partial charge in [0.15, 0.2) is 5.76 Å². The molecule has 120 valence electrons. The monoisotopic (exact) mass is 312 g/mol. The van der Waals surface area contributed by atoms with E-state index in [2.05, 4.69) is 14.9 Å². The summed E-state index contributed by atoms with van der Waals surface area (Å²) < 4.78 is 5.25. The fraction of sp³-hybridized carbons (Fsp3) is 0.471. The second-order valence-electron chi connectivity index (χ2n) is 6.17. The summed E-state index contributed by atoms with van der Waals surface area (Å²) in [6.07, 6.45) is 4.71. The molecular weight excluding hydrogens is 292 g/mol. The maximum Gasteiger partial charge on any atom is 0.289 e. The first-order valence-corrected chi connectivity index (χ1v) is 8.16. The number of nitrogens with zero attached hydrogens (tertiary/aromatic N) is 4. The van der Waals surface area contributed by atoms with Gasteiger partial charge in [0.2, 0.25) is 0 Å². The summed E-state index contributed by atoms with van der Waals surface area (Å²) in [5.41, 5.74) is 2.19. The van der Waals surface area contributed by atoms with E-state index in [0.29, 0.717) is 18.8 Å². The summed E-state index contributed by atoms with van der Waals surface area (Å²) in [4.78, 5) is 26.0. The molecule has 1 fully saturated rings. The Hall–Kier alpha value is -2.37. The average Bonchev–Trinajstić information content (AvgIpc) is 3.26. The van der Waals surface area contributed by atoms with Crippen LogP contribution in [0.3, 0.4) is 0 Å². The predicted molar refractivity (Wildman–Crippen MR) is 85.4 cm³/mol. The Morgan fingerprint density at radius 2 is 2.04 bits per heavy atom. The van der Waals surface area contributed by atoms with E-state index in [9.17, 15) is 4.79 Å². The van der Waals surface area contributed by atoms with Gasteiger partial charge in [-0.25, -0.2) is 9.97 Å². The highest BCUT2D eigenvalue weighted by Crippen LogP contribution is 2.29. The highest BCUT2D eigenvalue weighted by molar-refractivity contribution is 5.91.